The van der Waals surface area contributed by atoms with Crippen molar-refractivity contribution in [1.82, 2.24) is 0 Å². The van der Waals surface area contributed by atoms with Gasteiger partial charge in [-0.1, -0.05) is 13.0 Å². The van der Waals surface area contributed by atoms with E-state index in [0.29, 0.717) is 5.92 Å². The molecule has 0 heterocycles. The Hall–Kier alpha value is -1.02. The van der Waals surface area contributed by atoms with Crippen LogP contribution >= 0.6 is 0 Å². The molecule has 1 aliphatic carbocycles. The van der Waals surface area contributed by atoms with Crippen LogP contribution in [0.25, 0.3) is 0 Å². The number of aryl methyl sites for hydroxylation is 2. The maximum atomic E-state index is 9.64. The second kappa shape index (κ2) is 3.77. The second-order valence-corrected chi connectivity index (χ2v) is 5.08. The quantitative estimate of drug-likeness (QED) is 0.848. The molecule has 0 spiro atoms. The van der Waals surface area contributed by atoms with Gasteiger partial charge in [-0.3, -0.25) is 0 Å². The summed E-state index contributed by atoms with van der Waals surface area (Å²) in [5, 5.41) is 9.64. The first-order chi connectivity index (χ1) is 7.55. The van der Waals surface area contributed by atoms with Crippen LogP contribution in [0.4, 0.5) is 0 Å². The molecule has 2 atom stereocenters. The highest BCUT2D eigenvalue weighted by Crippen LogP contribution is 2.57. The number of hydrogen-bond acceptors (Lipinski definition) is 2. The third kappa shape index (κ3) is 1.52. The largest absolute Gasteiger partial charge is 0.496 e. The first-order valence-electron chi connectivity index (χ1n) is 5.81. The smallest absolute Gasteiger partial charge is 0.123 e. The summed E-state index contributed by atoms with van der Waals surface area (Å²) in [7, 11) is 1.70. The predicted molar refractivity (Wildman–Crippen MR) is 65.0 cm³/mol. The summed E-state index contributed by atoms with van der Waals surface area (Å²) >= 11 is 0. The maximum Gasteiger partial charge on any atom is 0.123 e. The van der Waals surface area contributed by atoms with Gasteiger partial charge in [-0.25, -0.2) is 0 Å². The Morgan fingerprint density at radius 2 is 2.06 bits per heavy atom. The summed E-state index contributed by atoms with van der Waals surface area (Å²) < 4.78 is 5.47. The molecule has 1 fully saturated rings. The Bertz CT molecular complexity index is 407. The van der Waals surface area contributed by atoms with Gasteiger partial charge in [0.2, 0.25) is 0 Å². The molecule has 16 heavy (non-hydrogen) atoms. The van der Waals surface area contributed by atoms with E-state index in [0.717, 1.165) is 12.2 Å². The van der Waals surface area contributed by atoms with E-state index in [2.05, 4.69) is 32.9 Å². The first-order valence-corrected chi connectivity index (χ1v) is 5.81. The van der Waals surface area contributed by atoms with E-state index < -0.39 is 0 Å². The van der Waals surface area contributed by atoms with Crippen molar-refractivity contribution >= 4 is 0 Å². The zero-order valence-electron chi connectivity index (χ0n) is 10.5. The van der Waals surface area contributed by atoms with Crippen molar-refractivity contribution in [3.8, 4) is 5.75 Å². The highest BCUT2D eigenvalue weighted by Gasteiger charge is 2.54. The van der Waals surface area contributed by atoms with Crippen LogP contribution in [0.15, 0.2) is 12.1 Å². The highest BCUT2D eigenvalue weighted by atomic mass is 16.5. The average molecular weight is 220 g/mol. The zero-order chi connectivity index (χ0) is 11.9. The monoisotopic (exact) mass is 220 g/mol. The summed E-state index contributed by atoms with van der Waals surface area (Å²) in [6, 6.07) is 4.23. The lowest BCUT2D eigenvalue weighted by Crippen LogP contribution is -2.17. The SMILES string of the molecule is COc1cc(C)cc(C)c1C1(CO)CC1C. The Balaban J connectivity index is 2.56. The van der Waals surface area contributed by atoms with E-state index in [-0.39, 0.29) is 12.0 Å². The predicted octanol–water partition coefficient (Wildman–Crippen LogP) is 2.58. The van der Waals surface area contributed by atoms with Gasteiger partial charge in [-0.05, 0) is 43.4 Å². The van der Waals surface area contributed by atoms with Crippen LogP contribution in [0, 0.1) is 19.8 Å². The Labute approximate surface area is 97.3 Å². The van der Waals surface area contributed by atoms with E-state index >= 15 is 0 Å². The molecule has 1 aliphatic rings. The molecule has 0 radical (unpaired) electrons. The average Bonchev–Trinajstić information content (AvgIpc) is 2.89. The van der Waals surface area contributed by atoms with Crippen molar-refractivity contribution in [3.05, 3.63) is 28.8 Å². The lowest BCUT2D eigenvalue weighted by Gasteiger charge is -2.21. The molecule has 1 aromatic carbocycles. The van der Waals surface area contributed by atoms with Gasteiger partial charge >= 0.3 is 0 Å². The van der Waals surface area contributed by atoms with Gasteiger partial charge in [0.25, 0.3) is 0 Å². The Morgan fingerprint density at radius 1 is 1.44 bits per heavy atom. The number of aliphatic hydroxyl groups excluding tert-OH is 1. The Kier molecular flexibility index (Phi) is 2.70. The number of methoxy groups -OCH3 is 1. The van der Waals surface area contributed by atoms with E-state index in [9.17, 15) is 5.11 Å². The van der Waals surface area contributed by atoms with Crippen molar-refractivity contribution in [3.63, 3.8) is 0 Å². The molecule has 88 valence electrons. The molecule has 1 aromatic rings. The summed E-state index contributed by atoms with van der Waals surface area (Å²) in [5.74, 6) is 1.48. The van der Waals surface area contributed by atoms with E-state index in [1.807, 2.05) is 0 Å². The van der Waals surface area contributed by atoms with Gasteiger partial charge < -0.3 is 9.84 Å². The Morgan fingerprint density at radius 3 is 2.50 bits per heavy atom. The fourth-order valence-corrected chi connectivity index (χ4v) is 2.86. The number of ether oxygens (including phenoxy) is 1. The fourth-order valence-electron chi connectivity index (χ4n) is 2.86. The van der Waals surface area contributed by atoms with Crippen LogP contribution in [0.5, 0.6) is 5.75 Å². The molecule has 1 N–H and O–H groups in total. The number of aliphatic hydroxyl groups is 1. The highest BCUT2D eigenvalue weighted by molar-refractivity contribution is 5.51. The number of hydrogen-bond donors (Lipinski definition) is 1. The van der Waals surface area contributed by atoms with Crippen LogP contribution in [-0.4, -0.2) is 18.8 Å². The van der Waals surface area contributed by atoms with Gasteiger partial charge in [-0.15, -0.1) is 0 Å². The number of rotatable bonds is 3. The first kappa shape index (κ1) is 11.5. The third-order valence-electron chi connectivity index (χ3n) is 3.90. The molecule has 0 amide bonds. The van der Waals surface area contributed by atoms with Crippen molar-refractivity contribution < 1.29 is 9.84 Å². The van der Waals surface area contributed by atoms with Gasteiger partial charge in [0.15, 0.2) is 0 Å². The number of benzene rings is 1. The summed E-state index contributed by atoms with van der Waals surface area (Å²) in [4.78, 5) is 0. The van der Waals surface area contributed by atoms with Crippen LogP contribution in [0.1, 0.15) is 30.0 Å². The minimum atomic E-state index is -0.0525. The van der Waals surface area contributed by atoms with Gasteiger partial charge in [0.1, 0.15) is 5.75 Å². The van der Waals surface area contributed by atoms with E-state index in [4.69, 9.17) is 4.74 Å². The summed E-state index contributed by atoms with van der Waals surface area (Å²) in [6.07, 6.45) is 1.06. The van der Waals surface area contributed by atoms with Crippen LogP contribution in [0.3, 0.4) is 0 Å². The molecule has 2 nitrogen and oxygen atoms in total. The molecule has 2 heteroatoms. The lowest BCUT2D eigenvalue weighted by atomic mass is 9.88. The zero-order valence-corrected chi connectivity index (χ0v) is 10.5. The molecule has 0 bridgehead atoms. The second-order valence-electron chi connectivity index (χ2n) is 5.08. The molecule has 2 unspecified atom stereocenters. The molecular weight excluding hydrogens is 200 g/mol. The minimum Gasteiger partial charge on any atom is -0.496 e. The van der Waals surface area contributed by atoms with E-state index in [1.54, 1.807) is 7.11 Å². The minimum absolute atomic E-state index is 0.0525. The molecular formula is C14H20O2. The van der Waals surface area contributed by atoms with E-state index in [1.165, 1.54) is 16.7 Å². The van der Waals surface area contributed by atoms with Crippen molar-refractivity contribution in [2.24, 2.45) is 5.92 Å². The van der Waals surface area contributed by atoms with Crippen molar-refractivity contribution in [2.75, 3.05) is 13.7 Å². The van der Waals surface area contributed by atoms with Crippen LogP contribution < -0.4 is 4.74 Å². The van der Waals surface area contributed by atoms with Gasteiger partial charge in [0, 0.05) is 11.0 Å². The molecule has 0 aromatic heterocycles. The third-order valence-corrected chi connectivity index (χ3v) is 3.90. The molecule has 0 aliphatic heterocycles. The standard InChI is InChI=1S/C14H20O2/c1-9-5-10(2)13(12(6-9)16-4)14(8-15)7-11(14)3/h5-6,11,15H,7-8H2,1-4H3. The summed E-state index contributed by atoms with van der Waals surface area (Å²) in [5.41, 5.74) is 3.59. The molecule has 1 saturated carbocycles. The topological polar surface area (TPSA) is 29.5 Å². The van der Waals surface area contributed by atoms with Crippen LogP contribution in [0.2, 0.25) is 0 Å². The van der Waals surface area contributed by atoms with Gasteiger partial charge in [0.05, 0.1) is 13.7 Å². The van der Waals surface area contributed by atoms with Gasteiger partial charge in [-0.2, -0.15) is 0 Å². The summed E-state index contributed by atoms with van der Waals surface area (Å²) in [6.45, 7) is 6.58. The van der Waals surface area contributed by atoms with Crippen LogP contribution in [-0.2, 0) is 5.41 Å². The van der Waals surface area contributed by atoms with Crippen molar-refractivity contribution in [1.29, 1.82) is 0 Å². The maximum absolute atomic E-state index is 9.64. The molecule has 2 rings (SSSR count). The molecule has 0 saturated heterocycles. The lowest BCUT2D eigenvalue weighted by molar-refractivity contribution is 0.243. The fraction of sp³-hybridized carbons (Fsp3) is 0.571. The normalized spacial score (nSPS) is 27.9. The van der Waals surface area contributed by atoms with Crippen molar-refractivity contribution in [2.45, 2.75) is 32.6 Å².